The molecule has 4 heteroatoms. The van der Waals surface area contributed by atoms with Gasteiger partial charge in [-0.3, -0.25) is 0 Å². The quantitative estimate of drug-likeness (QED) is 0.775. The van der Waals surface area contributed by atoms with Crippen LogP contribution in [-0.4, -0.2) is 29.6 Å². The van der Waals surface area contributed by atoms with Gasteiger partial charge in [0.1, 0.15) is 0 Å². The van der Waals surface area contributed by atoms with Gasteiger partial charge in [-0.15, -0.1) is 24.8 Å². The summed E-state index contributed by atoms with van der Waals surface area (Å²) in [6.07, 6.45) is 4.80. The molecule has 0 amide bonds. The summed E-state index contributed by atoms with van der Waals surface area (Å²) < 4.78 is 2.46. The highest BCUT2D eigenvalue weighted by Crippen LogP contribution is 2.26. The van der Waals surface area contributed by atoms with Crippen molar-refractivity contribution >= 4 is 35.7 Å². The molecule has 0 spiro atoms. The lowest BCUT2D eigenvalue weighted by molar-refractivity contribution is 0.224. The standard InChI is InChI=1S/C14H18N2.2ClH/c1-15-9-7-13(8-10-15)16-11-6-12-4-2-3-5-14(12)16;;/h2-6,11,13H,7-10H2,1H3;2*1H. The van der Waals surface area contributed by atoms with Gasteiger partial charge in [0.25, 0.3) is 0 Å². The van der Waals surface area contributed by atoms with Gasteiger partial charge in [-0.25, -0.2) is 0 Å². The van der Waals surface area contributed by atoms with E-state index in [1.165, 1.54) is 36.8 Å². The summed E-state index contributed by atoms with van der Waals surface area (Å²) in [7, 11) is 2.21. The third-order valence-corrected chi connectivity index (χ3v) is 3.71. The van der Waals surface area contributed by atoms with Crippen molar-refractivity contribution in [3.8, 4) is 0 Å². The Balaban J connectivity index is 0.000000810. The lowest BCUT2D eigenvalue weighted by atomic mass is 10.1. The number of likely N-dealkylation sites (tertiary alicyclic amines) is 1. The second kappa shape index (κ2) is 6.46. The van der Waals surface area contributed by atoms with Gasteiger partial charge in [0, 0.05) is 17.8 Å². The van der Waals surface area contributed by atoms with Gasteiger partial charge >= 0.3 is 0 Å². The highest BCUT2D eigenvalue weighted by Gasteiger charge is 2.18. The molecule has 0 bridgehead atoms. The zero-order valence-corrected chi connectivity index (χ0v) is 12.2. The lowest BCUT2D eigenvalue weighted by Gasteiger charge is -2.30. The number of nitrogens with zero attached hydrogens (tertiary/aromatic N) is 2. The van der Waals surface area contributed by atoms with E-state index in [9.17, 15) is 0 Å². The Hall–Kier alpha value is -0.700. The summed E-state index contributed by atoms with van der Waals surface area (Å²) in [5, 5.41) is 1.36. The van der Waals surface area contributed by atoms with Crippen LogP contribution in [0.15, 0.2) is 36.5 Å². The van der Waals surface area contributed by atoms with E-state index in [2.05, 4.69) is 53.0 Å². The van der Waals surface area contributed by atoms with Crippen molar-refractivity contribution in [1.82, 2.24) is 9.47 Å². The molecule has 1 fully saturated rings. The molecular weight excluding hydrogens is 267 g/mol. The topological polar surface area (TPSA) is 8.17 Å². The lowest BCUT2D eigenvalue weighted by Crippen LogP contribution is -2.31. The summed E-state index contributed by atoms with van der Waals surface area (Å²) in [5.41, 5.74) is 1.39. The largest absolute Gasteiger partial charge is 0.344 e. The molecule has 0 atom stereocenters. The minimum Gasteiger partial charge on any atom is -0.344 e. The Morgan fingerprint density at radius 3 is 2.39 bits per heavy atom. The van der Waals surface area contributed by atoms with Crippen LogP contribution in [0.3, 0.4) is 0 Å². The smallest absolute Gasteiger partial charge is 0.0482 e. The van der Waals surface area contributed by atoms with Gasteiger partial charge < -0.3 is 9.47 Å². The SMILES string of the molecule is CN1CCC(n2ccc3ccccc32)CC1.Cl.Cl. The Morgan fingerprint density at radius 2 is 1.67 bits per heavy atom. The Kier molecular flexibility index (Phi) is 5.51. The van der Waals surface area contributed by atoms with Crippen LogP contribution in [0.25, 0.3) is 10.9 Å². The zero-order valence-electron chi connectivity index (χ0n) is 10.6. The molecule has 0 saturated carbocycles. The zero-order chi connectivity index (χ0) is 11.0. The molecule has 18 heavy (non-hydrogen) atoms. The monoisotopic (exact) mass is 286 g/mol. The van der Waals surface area contributed by atoms with Crippen molar-refractivity contribution in [2.24, 2.45) is 0 Å². The summed E-state index contributed by atoms with van der Waals surface area (Å²) in [4.78, 5) is 2.42. The first-order valence-electron chi connectivity index (χ1n) is 6.09. The van der Waals surface area contributed by atoms with Crippen LogP contribution in [0.4, 0.5) is 0 Å². The second-order valence-electron chi connectivity index (χ2n) is 4.82. The molecule has 1 saturated heterocycles. The Labute approximate surface area is 121 Å². The van der Waals surface area contributed by atoms with Crippen LogP contribution < -0.4 is 0 Å². The number of hydrogen-bond donors (Lipinski definition) is 0. The first-order valence-corrected chi connectivity index (χ1v) is 6.09. The van der Waals surface area contributed by atoms with Crippen LogP contribution >= 0.6 is 24.8 Å². The molecule has 0 radical (unpaired) electrons. The molecular formula is C14H20Cl2N2. The van der Waals surface area contributed by atoms with Gasteiger partial charge in [-0.1, -0.05) is 18.2 Å². The van der Waals surface area contributed by atoms with E-state index >= 15 is 0 Å². The van der Waals surface area contributed by atoms with Gasteiger partial charge in [-0.05, 0) is 50.5 Å². The predicted molar refractivity (Wildman–Crippen MR) is 82.2 cm³/mol. The maximum atomic E-state index is 2.46. The number of benzene rings is 1. The number of aromatic nitrogens is 1. The van der Waals surface area contributed by atoms with Crippen LogP contribution in [0.1, 0.15) is 18.9 Å². The van der Waals surface area contributed by atoms with E-state index in [0.717, 1.165) is 0 Å². The highest BCUT2D eigenvalue weighted by molar-refractivity contribution is 5.85. The van der Waals surface area contributed by atoms with Crippen molar-refractivity contribution in [2.45, 2.75) is 18.9 Å². The Bertz CT molecular complexity index is 487. The fourth-order valence-electron chi connectivity index (χ4n) is 2.70. The minimum absolute atomic E-state index is 0. The summed E-state index contributed by atoms with van der Waals surface area (Å²) in [6.45, 7) is 2.44. The predicted octanol–water partition coefficient (Wildman–Crippen LogP) is 3.75. The van der Waals surface area contributed by atoms with Crippen molar-refractivity contribution < 1.29 is 0 Å². The molecule has 2 aromatic rings. The average Bonchev–Trinajstić information content (AvgIpc) is 2.74. The van der Waals surface area contributed by atoms with E-state index in [1.54, 1.807) is 0 Å². The number of piperidine rings is 1. The molecule has 3 rings (SSSR count). The fourth-order valence-corrected chi connectivity index (χ4v) is 2.70. The molecule has 2 nitrogen and oxygen atoms in total. The summed E-state index contributed by atoms with van der Waals surface area (Å²) in [5.74, 6) is 0. The number of para-hydroxylation sites is 1. The normalized spacial score (nSPS) is 17.2. The van der Waals surface area contributed by atoms with Gasteiger partial charge in [0.05, 0.1) is 0 Å². The fraction of sp³-hybridized carbons (Fsp3) is 0.429. The third kappa shape index (κ3) is 2.82. The van der Waals surface area contributed by atoms with Gasteiger partial charge in [0.2, 0.25) is 0 Å². The van der Waals surface area contributed by atoms with E-state index < -0.39 is 0 Å². The summed E-state index contributed by atoms with van der Waals surface area (Å²) >= 11 is 0. The van der Waals surface area contributed by atoms with Crippen LogP contribution in [0.5, 0.6) is 0 Å². The molecule has 1 aromatic heterocycles. The Morgan fingerprint density at radius 1 is 1.00 bits per heavy atom. The van der Waals surface area contributed by atoms with Crippen molar-refractivity contribution in [3.63, 3.8) is 0 Å². The molecule has 2 heterocycles. The highest BCUT2D eigenvalue weighted by atomic mass is 35.5. The minimum atomic E-state index is 0. The van der Waals surface area contributed by atoms with E-state index in [-0.39, 0.29) is 24.8 Å². The molecule has 100 valence electrons. The molecule has 1 aromatic carbocycles. The average molecular weight is 287 g/mol. The molecule has 0 aliphatic carbocycles. The third-order valence-electron chi connectivity index (χ3n) is 3.71. The van der Waals surface area contributed by atoms with Crippen molar-refractivity contribution in [3.05, 3.63) is 36.5 Å². The molecule has 1 aliphatic heterocycles. The van der Waals surface area contributed by atoms with Gasteiger partial charge in [0.15, 0.2) is 0 Å². The van der Waals surface area contributed by atoms with Crippen LogP contribution in [-0.2, 0) is 0 Å². The second-order valence-corrected chi connectivity index (χ2v) is 4.82. The van der Waals surface area contributed by atoms with E-state index in [0.29, 0.717) is 6.04 Å². The number of hydrogen-bond acceptors (Lipinski definition) is 1. The summed E-state index contributed by atoms with van der Waals surface area (Å²) in [6, 6.07) is 11.6. The van der Waals surface area contributed by atoms with Crippen molar-refractivity contribution in [1.29, 1.82) is 0 Å². The maximum absolute atomic E-state index is 2.46. The number of fused-ring (bicyclic) bond motifs is 1. The van der Waals surface area contributed by atoms with E-state index in [4.69, 9.17) is 0 Å². The van der Waals surface area contributed by atoms with Crippen LogP contribution in [0, 0.1) is 0 Å². The first kappa shape index (κ1) is 15.4. The first-order chi connectivity index (χ1) is 7.84. The van der Waals surface area contributed by atoms with Gasteiger partial charge in [-0.2, -0.15) is 0 Å². The molecule has 0 unspecified atom stereocenters. The molecule has 1 aliphatic rings. The van der Waals surface area contributed by atoms with Crippen molar-refractivity contribution in [2.75, 3.05) is 20.1 Å². The maximum Gasteiger partial charge on any atom is 0.0482 e. The number of rotatable bonds is 1. The van der Waals surface area contributed by atoms with E-state index in [1.807, 2.05) is 0 Å². The van der Waals surface area contributed by atoms with Crippen LogP contribution in [0.2, 0.25) is 0 Å². The molecule has 0 N–H and O–H groups in total. The number of halogens is 2.